The predicted octanol–water partition coefficient (Wildman–Crippen LogP) is 16.7. The smallest absolute Gasteiger partial charge is 0.309 e. The van der Waals surface area contributed by atoms with Gasteiger partial charge in [0.2, 0.25) is 5.82 Å². The lowest BCUT2D eigenvalue weighted by molar-refractivity contribution is -0.137. The SMILES string of the molecule is Fc1c(F)c(F)c(-c2cc(-n3c4ccccc4c4ccc(-c5cccc(-c6ccccc6)n5)cc43)c(C(F)(F)F)cc2-n2c3ccccc3c3ccc(-c4cccc(-c5ccccc5)n4)cc32)c(F)c1F. The Labute approximate surface area is 399 Å². The molecule has 0 spiro atoms. The lowest BCUT2D eigenvalue weighted by Crippen LogP contribution is -2.14. The van der Waals surface area contributed by atoms with Crippen LogP contribution in [0.15, 0.2) is 194 Å². The minimum atomic E-state index is -5.16. The average Bonchev–Trinajstić information content (AvgIpc) is 3.92. The fraction of sp³-hybridized carbons (Fsp3) is 0.0169. The zero-order valence-corrected chi connectivity index (χ0v) is 36.8. The van der Waals surface area contributed by atoms with E-state index in [9.17, 15) is 4.39 Å². The molecule has 344 valence electrons. The molecule has 0 saturated heterocycles. The molecule has 0 bridgehead atoms. The fourth-order valence-corrected chi connectivity index (χ4v) is 9.72. The summed E-state index contributed by atoms with van der Waals surface area (Å²) in [6, 6.07) is 55.2. The van der Waals surface area contributed by atoms with Gasteiger partial charge >= 0.3 is 6.18 Å². The molecule has 0 aliphatic heterocycles. The van der Waals surface area contributed by atoms with E-state index in [0.29, 0.717) is 61.0 Å². The summed E-state index contributed by atoms with van der Waals surface area (Å²) in [5.74, 6) is -11.4. The number of alkyl halides is 3. The van der Waals surface area contributed by atoms with Crippen LogP contribution in [0, 0.1) is 29.1 Å². The van der Waals surface area contributed by atoms with Crippen molar-refractivity contribution in [1.82, 2.24) is 19.1 Å². The largest absolute Gasteiger partial charge is 0.418 e. The Morgan fingerprint density at radius 3 is 1.18 bits per heavy atom. The van der Waals surface area contributed by atoms with Gasteiger partial charge < -0.3 is 9.13 Å². The number of halogens is 8. The molecule has 0 unspecified atom stereocenters. The Morgan fingerprint density at radius 2 is 0.718 bits per heavy atom. The van der Waals surface area contributed by atoms with Gasteiger partial charge in [-0.25, -0.2) is 31.9 Å². The van der Waals surface area contributed by atoms with Gasteiger partial charge in [-0.05, 0) is 60.7 Å². The Kier molecular flexibility index (Phi) is 10.2. The average molecular weight is 949 g/mol. The van der Waals surface area contributed by atoms with Crippen LogP contribution in [0.4, 0.5) is 35.1 Å². The number of aromatic nitrogens is 4. The van der Waals surface area contributed by atoms with Crippen LogP contribution in [0.25, 0.3) is 111 Å². The van der Waals surface area contributed by atoms with E-state index in [1.807, 2.05) is 84.9 Å². The third-order valence-corrected chi connectivity index (χ3v) is 13.0. The summed E-state index contributed by atoms with van der Waals surface area (Å²) in [5.41, 5.74) is 1.68. The molecule has 0 aliphatic carbocycles. The van der Waals surface area contributed by atoms with Crippen LogP contribution in [-0.2, 0) is 6.18 Å². The number of para-hydroxylation sites is 2. The van der Waals surface area contributed by atoms with Gasteiger partial charge in [0.25, 0.3) is 0 Å². The third-order valence-electron chi connectivity index (χ3n) is 13.0. The van der Waals surface area contributed by atoms with Crippen LogP contribution in [0.2, 0.25) is 0 Å². The monoisotopic (exact) mass is 948 g/mol. The Hall–Kier alpha value is -8.90. The van der Waals surface area contributed by atoms with Gasteiger partial charge in [0, 0.05) is 49.4 Å². The highest BCUT2D eigenvalue weighted by molar-refractivity contribution is 6.12. The quantitative estimate of drug-likeness (QED) is 0.0907. The van der Waals surface area contributed by atoms with Crippen molar-refractivity contribution in [2.75, 3.05) is 0 Å². The van der Waals surface area contributed by atoms with Crippen LogP contribution in [0.3, 0.4) is 0 Å². The van der Waals surface area contributed by atoms with Gasteiger partial charge in [0.1, 0.15) is 0 Å². The van der Waals surface area contributed by atoms with Crippen LogP contribution in [0.1, 0.15) is 5.56 Å². The Balaban J connectivity index is 1.17. The van der Waals surface area contributed by atoms with Crippen LogP contribution in [-0.4, -0.2) is 19.1 Å². The maximum absolute atomic E-state index is 16.5. The topological polar surface area (TPSA) is 35.6 Å². The molecule has 0 amide bonds. The molecule has 4 aromatic heterocycles. The minimum Gasteiger partial charge on any atom is -0.309 e. The molecular formula is C59H32F8N4. The van der Waals surface area contributed by atoms with Crippen LogP contribution < -0.4 is 0 Å². The first-order chi connectivity index (χ1) is 34.4. The Morgan fingerprint density at radius 1 is 0.324 bits per heavy atom. The molecule has 0 fully saturated rings. The highest BCUT2D eigenvalue weighted by Gasteiger charge is 2.38. The van der Waals surface area contributed by atoms with E-state index >= 15 is 30.7 Å². The number of nitrogens with zero attached hydrogens (tertiary/aromatic N) is 4. The molecule has 0 N–H and O–H groups in total. The number of hydrogen-bond acceptors (Lipinski definition) is 2. The van der Waals surface area contributed by atoms with Crippen molar-refractivity contribution in [1.29, 1.82) is 0 Å². The van der Waals surface area contributed by atoms with E-state index in [0.717, 1.165) is 23.3 Å². The number of hydrogen-bond donors (Lipinski definition) is 0. The Bertz CT molecular complexity index is 4080. The lowest BCUT2D eigenvalue weighted by atomic mass is 9.97. The fourth-order valence-electron chi connectivity index (χ4n) is 9.72. The molecule has 4 heterocycles. The summed E-state index contributed by atoms with van der Waals surface area (Å²) in [6.07, 6.45) is -5.16. The molecule has 12 rings (SSSR count). The van der Waals surface area contributed by atoms with Crippen LogP contribution in [0.5, 0.6) is 0 Å². The first-order valence-corrected chi connectivity index (χ1v) is 22.3. The second kappa shape index (κ2) is 16.7. The van der Waals surface area contributed by atoms with Crippen molar-refractivity contribution in [2.45, 2.75) is 6.18 Å². The highest BCUT2D eigenvalue weighted by Crippen LogP contribution is 2.47. The molecule has 0 radical (unpaired) electrons. The van der Waals surface area contributed by atoms with Gasteiger partial charge in [0.15, 0.2) is 23.3 Å². The van der Waals surface area contributed by atoms with E-state index in [1.165, 1.54) is 9.13 Å². The summed E-state index contributed by atoms with van der Waals surface area (Å²) in [7, 11) is 0. The number of pyridine rings is 2. The number of rotatable bonds is 7. The van der Waals surface area contributed by atoms with E-state index in [1.54, 1.807) is 97.1 Å². The number of fused-ring (bicyclic) bond motifs is 6. The zero-order chi connectivity index (χ0) is 48.7. The highest BCUT2D eigenvalue weighted by atomic mass is 19.4. The van der Waals surface area contributed by atoms with Crippen molar-refractivity contribution < 1.29 is 35.1 Å². The second-order valence-electron chi connectivity index (χ2n) is 17.0. The van der Waals surface area contributed by atoms with Crippen molar-refractivity contribution in [3.63, 3.8) is 0 Å². The molecule has 12 heteroatoms. The van der Waals surface area contributed by atoms with E-state index in [2.05, 4.69) is 0 Å². The molecule has 71 heavy (non-hydrogen) atoms. The maximum Gasteiger partial charge on any atom is 0.418 e. The molecule has 0 saturated carbocycles. The van der Waals surface area contributed by atoms with Gasteiger partial charge in [-0.2, -0.15) is 13.2 Å². The third kappa shape index (κ3) is 7.12. The first-order valence-electron chi connectivity index (χ1n) is 22.3. The molecule has 12 aromatic rings. The summed E-state index contributed by atoms with van der Waals surface area (Å²) < 4.78 is 130. The van der Waals surface area contributed by atoms with Crippen molar-refractivity contribution in [3.8, 4) is 67.5 Å². The van der Waals surface area contributed by atoms with Crippen molar-refractivity contribution >= 4 is 43.6 Å². The molecule has 8 aromatic carbocycles. The standard InChI is InChI=1S/C59H32F8N4/c60-54-53(55(61)57(63)58(64)56(54)62)41-31-52(71-48-24-10-8-18-38(48)40-28-26-36(30-50(40)71)46-22-12-20-44(69-46)34-15-5-2-6-16-34)42(59(65,66)67)32-51(41)70-47-23-9-7-17-37(47)39-27-25-35(29-49(39)70)45-21-11-19-43(68-45)33-13-3-1-4-14-33/h1-32H. The summed E-state index contributed by atoms with van der Waals surface area (Å²) in [5, 5.41) is 2.14. The van der Waals surface area contributed by atoms with Gasteiger partial charge in [-0.15, -0.1) is 0 Å². The number of benzene rings is 8. The molecule has 0 atom stereocenters. The van der Waals surface area contributed by atoms with E-state index < -0.39 is 63.3 Å². The van der Waals surface area contributed by atoms with Gasteiger partial charge in [-0.3, -0.25) is 0 Å². The summed E-state index contributed by atoms with van der Waals surface area (Å²) >= 11 is 0. The first kappa shape index (κ1) is 43.4. The zero-order valence-electron chi connectivity index (χ0n) is 36.8. The summed E-state index contributed by atoms with van der Waals surface area (Å²) in [4.78, 5) is 9.77. The second-order valence-corrected chi connectivity index (χ2v) is 17.0. The normalized spacial score (nSPS) is 11.9. The van der Waals surface area contributed by atoms with Gasteiger partial charge in [0.05, 0.1) is 67.3 Å². The van der Waals surface area contributed by atoms with Crippen molar-refractivity contribution in [3.05, 3.63) is 229 Å². The predicted molar refractivity (Wildman–Crippen MR) is 263 cm³/mol. The van der Waals surface area contributed by atoms with Crippen LogP contribution >= 0.6 is 0 Å². The lowest BCUT2D eigenvalue weighted by Gasteiger charge is -2.23. The van der Waals surface area contributed by atoms with E-state index in [-0.39, 0.29) is 16.6 Å². The minimum absolute atomic E-state index is 0.254. The summed E-state index contributed by atoms with van der Waals surface area (Å²) in [6.45, 7) is 0. The maximum atomic E-state index is 16.5. The van der Waals surface area contributed by atoms with E-state index in [4.69, 9.17) is 9.97 Å². The molecular weight excluding hydrogens is 917 g/mol. The van der Waals surface area contributed by atoms with Crippen molar-refractivity contribution in [2.24, 2.45) is 0 Å². The van der Waals surface area contributed by atoms with Gasteiger partial charge in [-0.1, -0.05) is 133 Å². The molecule has 0 aliphatic rings. The molecule has 4 nitrogen and oxygen atoms in total.